The van der Waals surface area contributed by atoms with E-state index in [0.717, 1.165) is 0 Å². The highest BCUT2D eigenvalue weighted by atomic mass is 16.6. The first-order valence-electron chi connectivity index (χ1n) is 7.45. The van der Waals surface area contributed by atoms with E-state index in [1.165, 1.54) is 0 Å². The fraction of sp³-hybridized carbons (Fsp3) is 0.643. The SMILES string of the molecule is CCOC(=O)N1CCN(C(=O)[C@@H](C)n2cc(N)c(C)n2)CC1. The third-order valence-corrected chi connectivity index (χ3v) is 3.83. The lowest BCUT2D eigenvalue weighted by Gasteiger charge is -2.35. The largest absolute Gasteiger partial charge is 0.450 e. The zero-order valence-electron chi connectivity index (χ0n) is 13.3. The predicted molar refractivity (Wildman–Crippen MR) is 81.3 cm³/mol. The molecule has 0 unspecified atom stereocenters. The van der Waals surface area contributed by atoms with Gasteiger partial charge in [0.05, 0.1) is 18.0 Å². The third kappa shape index (κ3) is 3.32. The van der Waals surface area contributed by atoms with Gasteiger partial charge in [-0.3, -0.25) is 9.48 Å². The Morgan fingerprint density at radius 2 is 1.91 bits per heavy atom. The van der Waals surface area contributed by atoms with Gasteiger partial charge in [0.15, 0.2) is 0 Å². The number of anilines is 1. The van der Waals surface area contributed by atoms with E-state index >= 15 is 0 Å². The summed E-state index contributed by atoms with van der Waals surface area (Å²) in [7, 11) is 0. The number of hydrogen-bond acceptors (Lipinski definition) is 5. The summed E-state index contributed by atoms with van der Waals surface area (Å²) in [5, 5.41) is 4.25. The van der Waals surface area contributed by atoms with Crippen molar-refractivity contribution in [2.24, 2.45) is 0 Å². The molecule has 8 heteroatoms. The predicted octanol–water partition coefficient (Wildman–Crippen LogP) is 0.635. The molecule has 0 aliphatic carbocycles. The molecule has 1 aromatic heterocycles. The average Bonchev–Trinajstić information content (AvgIpc) is 2.85. The van der Waals surface area contributed by atoms with Crippen molar-refractivity contribution in [2.45, 2.75) is 26.8 Å². The first-order valence-corrected chi connectivity index (χ1v) is 7.45. The molecule has 0 aromatic carbocycles. The molecule has 1 fully saturated rings. The van der Waals surface area contributed by atoms with Gasteiger partial charge in [0.2, 0.25) is 5.91 Å². The zero-order chi connectivity index (χ0) is 16.3. The molecule has 1 atom stereocenters. The van der Waals surface area contributed by atoms with Crippen LogP contribution >= 0.6 is 0 Å². The van der Waals surface area contributed by atoms with Gasteiger partial charge in [-0.2, -0.15) is 5.10 Å². The van der Waals surface area contributed by atoms with Gasteiger partial charge in [0.25, 0.3) is 0 Å². The summed E-state index contributed by atoms with van der Waals surface area (Å²) in [5.74, 6) is -0.0222. The fourth-order valence-corrected chi connectivity index (χ4v) is 2.40. The highest BCUT2D eigenvalue weighted by molar-refractivity contribution is 5.80. The number of carbonyl (C=O) groups excluding carboxylic acids is 2. The molecule has 1 aliphatic heterocycles. The van der Waals surface area contributed by atoms with E-state index in [4.69, 9.17) is 10.5 Å². The number of hydrogen-bond donors (Lipinski definition) is 1. The number of carbonyl (C=O) groups is 2. The number of aryl methyl sites for hydroxylation is 1. The smallest absolute Gasteiger partial charge is 0.409 e. The molecule has 0 saturated carbocycles. The number of ether oxygens (including phenoxy) is 1. The van der Waals surface area contributed by atoms with Gasteiger partial charge >= 0.3 is 6.09 Å². The summed E-state index contributed by atoms with van der Waals surface area (Å²) in [6, 6.07) is -0.412. The minimum atomic E-state index is -0.412. The van der Waals surface area contributed by atoms with Gasteiger partial charge in [-0.1, -0.05) is 0 Å². The summed E-state index contributed by atoms with van der Waals surface area (Å²) >= 11 is 0. The second kappa shape index (κ2) is 6.67. The van der Waals surface area contributed by atoms with Gasteiger partial charge in [0.1, 0.15) is 6.04 Å². The number of piperazine rings is 1. The summed E-state index contributed by atoms with van der Waals surface area (Å²) in [5.41, 5.74) is 7.06. The summed E-state index contributed by atoms with van der Waals surface area (Å²) in [6.45, 7) is 7.70. The van der Waals surface area contributed by atoms with E-state index in [-0.39, 0.29) is 12.0 Å². The van der Waals surface area contributed by atoms with Gasteiger partial charge in [-0.05, 0) is 20.8 Å². The van der Waals surface area contributed by atoms with Crippen molar-refractivity contribution < 1.29 is 14.3 Å². The normalized spacial score (nSPS) is 16.5. The summed E-state index contributed by atoms with van der Waals surface area (Å²) in [4.78, 5) is 27.5. The maximum atomic E-state index is 12.5. The second-order valence-electron chi connectivity index (χ2n) is 5.34. The number of aromatic nitrogens is 2. The zero-order valence-corrected chi connectivity index (χ0v) is 13.3. The van der Waals surface area contributed by atoms with Crippen molar-refractivity contribution in [2.75, 3.05) is 38.5 Å². The van der Waals surface area contributed by atoms with Gasteiger partial charge < -0.3 is 20.3 Å². The Labute approximate surface area is 129 Å². The van der Waals surface area contributed by atoms with Crippen LogP contribution in [0.5, 0.6) is 0 Å². The van der Waals surface area contributed by atoms with E-state index < -0.39 is 6.04 Å². The molecule has 0 spiro atoms. The summed E-state index contributed by atoms with van der Waals surface area (Å²) in [6.07, 6.45) is 1.35. The van der Waals surface area contributed by atoms with Crippen molar-refractivity contribution in [3.63, 3.8) is 0 Å². The molecule has 8 nitrogen and oxygen atoms in total. The lowest BCUT2D eigenvalue weighted by molar-refractivity contribution is -0.136. The highest BCUT2D eigenvalue weighted by Crippen LogP contribution is 2.16. The molecule has 2 amide bonds. The number of nitrogens with two attached hydrogens (primary N) is 1. The number of rotatable bonds is 3. The molecule has 0 bridgehead atoms. The molecule has 1 aromatic rings. The minimum Gasteiger partial charge on any atom is -0.450 e. The van der Waals surface area contributed by atoms with Crippen molar-refractivity contribution in [3.05, 3.63) is 11.9 Å². The molecule has 2 N–H and O–H groups in total. The van der Waals surface area contributed by atoms with Crippen LogP contribution in [-0.2, 0) is 9.53 Å². The molecule has 2 heterocycles. The molecular formula is C14H23N5O3. The topological polar surface area (TPSA) is 93.7 Å². The Kier molecular flexibility index (Phi) is 4.89. The quantitative estimate of drug-likeness (QED) is 0.884. The molecule has 0 radical (unpaired) electrons. The minimum absolute atomic E-state index is 0.0222. The molecule has 22 heavy (non-hydrogen) atoms. The standard InChI is InChI=1S/C14H23N5O3/c1-4-22-14(21)18-7-5-17(6-8-18)13(20)11(3)19-9-12(15)10(2)16-19/h9,11H,4-8,15H2,1-3H3/t11-/m1/s1. The van der Waals surface area contributed by atoms with Gasteiger partial charge in [0, 0.05) is 32.4 Å². The van der Waals surface area contributed by atoms with Crippen LogP contribution in [0.25, 0.3) is 0 Å². The Balaban J connectivity index is 1.93. The lowest BCUT2D eigenvalue weighted by Crippen LogP contribution is -2.52. The number of amides is 2. The van der Waals surface area contributed by atoms with Gasteiger partial charge in [-0.25, -0.2) is 4.79 Å². The Hall–Kier alpha value is -2.25. The monoisotopic (exact) mass is 309 g/mol. The molecule has 122 valence electrons. The van der Waals surface area contributed by atoms with E-state index in [2.05, 4.69) is 5.10 Å². The van der Waals surface area contributed by atoms with Crippen LogP contribution in [0.3, 0.4) is 0 Å². The second-order valence-corrected chi connectivity index (χ2v) is 5.34. The number of nitrogen functional groups attached to an aromatic ring is 1. The van der Waals surface area contributed by atoms with Crippen molar-refractivity contribution >= 4 is 17.7 Å². The first-order chi connectivity index (χ1) is 10.4. The fourth-order valence-electron chi connectivity index (χ4n) is 2.40. The van der Waals surface area contributed by atoms with Crippen LogP contribution in [0, 0.1) is 6.92 Å². The number of nitrogens with zero attached hydrogens (tertiary/aromatic N) is 4. The van der Waals surface area contributed by atoms with Crippen molar-refractivity contribution in [3.8, 4) is 0 Å². The molecule has 1 aliphatic rings. The van der Waals surface area contributed by atoms with E-state index in [1.54, 1.807) is 41.4 Å². The Bertz CT molecular complexity index is 529. The van der Waals surface area contributed by atoms with Crippen LogP contribution in [0.2, 0.25) is 0 Å². The lowest BCUT2D eigenvalue weighted by atomic mass is 10.2. The average molecular weight is 309 g/mol. The van der Waals surface area contributed by atoms with Crippen LogP contribution in [0.1, 0.15) is 25.6 Å². The van der Waals surface area contributed by atoms with E-state index in [1.807, 2.05) is 0 Å². The first kappa shape index (κ1) is 16.1. The third-order valence-electron chi connectivity index (χ3n) is 3.83. The molecule has 2 rings (SSSR count). The van der Waals surface area contributed by atoms with Crippen molar-refractivity contribution in [1.82, 2.24) is 19.6 Å². The van der Waals surface area contributed by atoms with E-state index in [0.29, 0.717) is 44.2 Å². The van der Waals surface area contributed by atoms with E-state index in [9.17, 15) is 9.59 Å². The molecule has 1 saturated heterocycles. The van der Waals surface area contributed by atoms with Crippen LogP contribution < -0.4 is 5.73 Å². The Morgan fingerprint density at radius 1 is 1.32 bits per heavy atom. The molecular weight excluding hydrogens is 286 g/mol. The highest BCUT2D eigenvalue weighted by Gasteiger charge is 2.28. The van der Waals surface area contributed by atoms with Crippen LogP contribution in [0.15, 0.2) is 6.20 Å². The summed E-state index contributed by atoms with van der Waals surface area (Å²) < 4.78 is 6.55. The van der Waals surface area contributed by atoms with Crippen LogP contribution in [0.4, 0.5) is 10.5 Å². The van der Waals surface area contributed by atoms with Crippen LogP contribution in [-0.4, -0.2) is 64.4 Å². The maximum Gasteiger partial charge on any atom is 0.409 e. The maximum absolute atomic E-state index is 12.5. The van der Waals surface area contributed by atoms with Crippen molar-refractivity contribution in [1.29, 1.82) is 0 Å². The Morgan fingerprint density at radius 3 is 2.41 bits per heavy atom. The van der Waals surface area contributed by atoms with Gasteiger partial charge in [-0.15, -0.1) is 0 Å².